The monoisotopic (exact) mass is 280 g/mol. The Morgan fingerprint density at radius 3 is 2.16 bits per heavy atom. The van der Waals surface area contributed by atoms with E-state index in [4.69, 9.17) is 23.4 Å². The van der Waals surface area contributed by atoms with Gasteiger partial charge in [-0.3, -0.25) is 10.3 Å². The Hall–Kier alpha value is -1.82. The zero-order chi connectivity index (χ0) is 14.6. The van der Waals surface area contributed by atoms with Crippen molar-refractivity contribution in [1.82, 2.24) is 5.32 Å². The maximum atomic E-state index is 9.74. The number of thiocarbonyl (C=S) groups is 1. The average Bonchev–Trinajstić information content (AvgIpc) is 2.39. The normalized spacial score (nSPS) is 10.1. The number of guanidine groups is 1. The summed E-state index contributed by atoms with van der Waals surface area (Å²) in [5.74, 6) is 0.0748. The lowest BCUT2D eigenvalue weighted by atomic mass is 10.0. The molecule has 0 heterocycles. The smallest absolute Gasteiger partial charge is 0.199 e. The highest BCUT2D eigenvalue weighted by atomic mass is 32.1. The van der Waals surface area contributed by atoms with E-state index in [0.29, 0.717) is 18.0 Å². The number of anilines is 1. The van der Waals surface area contributed by atoms with Gasteiger partial charge in [-0.2, -0.15) is 0 Å². The average molecular weight is 280 g/mol. The van der Waals surface area contributed by atoms with Gasteiger partial charge in [-0.15, -0.1) is 0 Å². The molecule has 0 saturated heterocycles. The van der Waals surface area contributed by atoms with Crippen LogP contribution >= 0.6 is 12.2 Å². The quantitative estimate of drug-likeness (QED) is 0.385. The minimum absolute atomic E-state index is 0.144. The van der Waals surface area contributed by atoms with Crippen LogP contribution in [-0.2, 0) is 12.8 Å². The molecule has 0 aromatic heterocycles. The molecule has 5 nitrogen and oxygen atoms in total. The summed E-state index contributed by atoms with van der Waals surface area (Å²) in [5.41, 5.74) is 8.25. The predicted octanol–water partition coefficient (Wildman–Crippen LogP) is 1.72. The fourth-order valence-electron chi connectivity index (χ4n) is 2.01. The number of hydrogen-bond acceptors (Lipinski definition) is 3. The number of phenols is 1. The van der Waals surface area contributed by atoms with E-state index >= 15 is 0 Å². The molecule has 19 heavy (non-hydrogen) atoms. The number of rotatable bonds is 3. The van der Waals surface area contributed by atoms with E-state index in [-0.39, 0.29) is 11.7 Å². The number of nitrogens with zero attached hydrogens (tertiary/aromatic N) is 1. The molecule has 6 heteroatoms. The van der Waals surface area contributed by atoms with E-state index in [1.165, 1.54) is 4.90 Å². The van der Waals surface area contributed by atoms with Crippen molar-refractivity contribution >= 4 is 29.0 Å². The number of benzene rings is 1. The van der Waals surface area contributed by atoms with Crippen molar-refractivity contribution in [3.05, 3.63) is 23.3 Å². The van der Waals surface area contributed by atoms with Gasteiger partial charge in [0.15, 0.2) is 11.1 Å². The van der Waals surface area contributed by atoms with Gasteiger partial charge in [-0.05, 0) is 48.3 Å². The summed E-state index contributed by atoms with van der Waals surface area (Å²) in [6.07, 6.45) is 1.43. The summed E-state index contributed by atoms with van der Waals surface area (Å²) >= 11 is 5.21. The van der Waals surface area contributed by atoms with Crippen molar-refractivity contribution in [3.63, 3.8) is 0 Å². The fraction of sp³-hybridized carbons (Fsp3) is 0.385. The fourth-order valence-corrected chi connectivity index (χ4v) is 2.20. The molecule has 0 aliphatic rings. The van der Waals surface area contributed by atoms with E-state index in [1.54, 1.807) is 19.2 Å². The van der Waals surface area contributed by atoms with E-state index < -0.39 is 0 Å². The van der Waals surface area contributed by atoms with Gasteiger partial charge in [0.1, 0.15) is 5.75 Å². The highest BCUT2D eigenvalue weighted by Gasteiger charge is 2.21. The zero-order valence-corrected chi connectivity index (χ0v) is 12.3. The largest absolute Gasteiger partial charge is 0.508 e. The molecule has 1 rings (SSSR count). The van der Waals surface area contributed by atoms with Crippen LogP contribution in [0.5, 0.6) is 5.75 Å². The van der Waals surface area contributed by atoms with Gasteiger partial charge in [0.25, 0.3) is 0 Å². The summed E-state index contributed by atoms with van der Waals surface area (Å²) < 4.78 is 0. The van der Waals surface area contributed by atoms with Gasteiger partial charge in [-0.1, -0.05) is 13.8 Å². The number of nitrogens with one attached hydrogen (secondary N) is 2. The minimum atomic E-state index is -0.144. The number of aromatic hydroxyl groups is 1. The first-order valence-corrected chi connectivity index (χ1v) is 6.57. The van der Waals surface area contributed by atoms with Crippen molar-refractivity contribution in [2.24, 2.45) is 5.73 Å². The summed E-state index contributed by atoms with van der Waals surface area (Å²) in [7, 11) is 1.69. The maximum Gasteiger partial charge on any atom is 0.199 e. The van der Waals surface area contributed by atoms with Gasteiger partial charge in [0, 0.05) is 7.05 Å². The highest BCUT2D eigenvalue weighted by molar-refractivity contribution is 7.80. The van der Waals surface area contributed by atoms with Crippen molar-refractivity contribution in [2.75, 3.05) is 11.9 Å². The first-order chi connectivity index (χ1) is 8.96. The van der Waals surface area contributed by atoms with E-state index in [2.05, 4.69) is 5.32 Å². The van der Waals surface area contributed by atoms with Gasteiger partial charge in [0.2, 0.25) is 0 Å². The van der Waals surface area contributed by atoms with Crippen molar-refractivity contribution in [1.29, 1.82) is 5.41 Å². The summed E-state index contributed by atoms with van der Waals surface area (Å²) in [6.45, 7) is 3.97. The van der Waals surface area contributed by atoms with Crippen LogP contribution in [0.4, 0.5) is 5.69 Å². The zero-order valence-electron chi connectivity index (χ0n) is 11.4. The first-order valence-electron chi connectivity index (χ1n) is 6.16. The molecule has 0 saturated carbocycles. The molecular formula is C13H20N4OS. The van der Waals surface area contributed by atoms with Crippen LogP contribution in [0.3, 0.4) is 0 Å². The molecule has 1 aromatic rings. The van der Waals surface area contributed by atoms with Crippen LogP contribution < -0.4 is 16.0 Å². The third kappa shape index (κ3) is 3.14. The lowest BCUT2D eigenvalue weighted by molar-refractivity contribution is 0.474. The Morgan fingerprint density at radius 1 is 1.37 bits per heavy atom. The number of hydrogen-bond donors (Lipinski definition) is 4. The van der Waals surface area contributed by atoms with Crippen LogP contribution in [0, 0.1) is 5.41 Å². The Morgan fingerprint density at radius 2 is 1.84 bits per heavy atom. The molecule has 0 fully saturated rings. The van der Waals surface area contributed by atoms with Gasteiger partial charge < -0.3 is 16.2 Å². The van der Waals surface area contributed by atoms with Crippen molar-refractivity contribution in [3.8, 4) is 5.75 Å². The Balaban J connectivity index is 3.52. The molecule has 0 radical (unpaired) electrons. The number of nitrogens with two attached hydrogens (primary N) is 1. The molecule has 1 aromatic carbocycles. The second-order valence-electron chi connectivity index (χ2n) is 4.10. The Labute approximate surface area is 118 Å². The van der Waals surface area contributed by atoms with Crippen LogP contribution in [0.2, 0.25) is 0 Å². The second-order valence-corrected chi connectivity index (χ2v) is 4.48. The summed E-state index contributed by atoms with van der Waals surface area (Å²) in [4.78, 5) is 1.49. The summed E-state index contributed by atoms with van der Waals surface area (Å²) in [5, 5.41) is 20.7. The molecular weight excluding hydrogens is 260 g/mol. The van der Waals surface area contributed by atoms with Crippen LogP contribution in [-0.4, -0.2) is 23.2 Å². The van der Waals surface area contributed by atoms with Crippen LogP contribution in [0.1, 0.15) is 25.0 Å². The van der Waals surface area contributed by atoms with Crippen LogP contribution in [0.25, 0.3) is 0 Å². The third-order valence-electron chi connectivity index (χ3n) is 2.90. The molecule has 0 amide bonds. The minimum Gasteiger partial charge on any atom is -0.508 e. The summed E-state index contributed by atoms with van der Waals surface area (Å²) in [6, 6.07) is 3.37. The van der Waals surface area contributed by atoms with Crippen molar-refractivity contribution < 1.29 is 5.11 Å². The van der Waals surface area contributed by atoms with Gasteiger partial charge in [-0.25, -0.2) is 0 Å². The number of aryl methyl sites for hydroxylation is 2. The molecule has 5 N–H and O–H groups in total. The van der Waals surface area contributed by atoms with E-state index in [1.807, 2.05) is 13.8 Å². The molecule has 0 unspecified atom stereocenters. The third-order valence-corrected chi connectivity index (χ3v) is 3.28. The van der Waals surface area contributed by atoms with E-state index in [0.717, 1.165) is 16.8 Å². The SMILES string of the molecule is CCc1cc(O)cc(CC)c1N(C(=N)N)C(=S)NC. The lowest BCUT2D eigenvalue weighted by Crippen LogP contribution is -2.46. The van der Waals surface area contributed by atoms with Gasteiger partial charge >= 0.3 is 0 Å². The highest BCUT2D eigenvalue weighted by Crippen LogP contribution is 2.31. The Bertz CT molecular complexity index is 476. The second kappa shape index (κ2) is 6.38. The maximum absolute atomic E-state index is 9.74. The molecule has 0 aliphatic heterocycles. The Kier molecular flexibility index (Phi) is 5.11. The standard InChI is InChI=1S/C13H20N4OS/c1-4-8-6-10(18)7-9(5-2)11(8)17(12(14)15)13(19)16-3/h6-7,18H,4-5H2,1-3H3,(H3,14,15)(H,16,19). The molecule has 0 spiro atoms. The van der Waals surface area contributed by atoms with Crippen LogP contribution in [0.15, 0.2) is 12.1 Å². The molecule has 0 atom stereocenters. The lowest BCUT2D eigenvalue weighted by Gasteiger charge is -2.27. The van der Waals surface area contributed by atoms with Crippen molar-refractivity contribution in [2.45, 2.75) is 26.7 Å². The number of phenolic OH excluding ortho intramolecular Hbond substituents is 1. The molecule has 104 valence electrons. The predicted molar refractivity (Wildman–Crippen MR) is 82.9 cm³/mol. The molecule has 0 aliphatic carbocycles. The topological polar surface area (TPSA) is 85.4 Å². The molecule has 0 bridgehead atoms. The van der Waals surface area contributed by atoms with Gasteiger partial charge in [0.05, 0.1) is 5.69 Å². The first kappa shape index (κ1) is 15.2. The van der Waals surface area contributed by atoms with E-state index in [9.17, 15) is 5.11 Å².